The molecule has 13 nitrogen and oxygen atoms in total. The van der Waals surface area contributed by atoms with E-state index in [0.717, 1.165) is 18.9 Å². The second-order valence-corrected chi connectivity index (χ2v) is 14.8. The van der Waals surface area contributed by atoms with E-state index in [2.05, 4.69) is 28.8 Å². The van der Waals surface area contributed by atoms with Gasteiger partial charge >= 0.3 is 20.7 Å². The molecular formula is C36H49ClF3N8O5P. The highest BCUT2D eigenvalue weighted by Crippen LogP contribution is 2.45. The molecule has 0 saturated heterocycles. The molecule has 1 aliphatic rings. The highest BCUT2D eigenvalue weighted by molar-refractivity contribution is 7.45. The van der Waals surface area contributed by atoms with E-state index in [9.17, 15) is 18.0 Å². The van der Waals surface area contributed by atoms with Gasteiger partial charge in [0.05, 0.1) is 24.6 Å². The molecule has 0 amide bonds. The second-order valence-electron chi connectivity index (χ2n) is 12.9. The van der Waals surface area contributed by atoms with Crippen LogP contribution in [0.2, 0.25) is 5.02 Å². The Morgan fingerprint density at radius 3 is 2.39 bits per heavy atom. The minimum Gasteiger partial charge on any atom is -0.460 e. The maximum absolute atomic E-state index is 13.5. The number of rotatable bonds is 17. The first-order valence-electron chi connectivity index (χ1n) is 17.7. The van der Waals surface area contributed by atoms with E-state index in [-0.39, 0.29) is 36.6 Å². The fraction of sp³-hybridized carbons (Fsp3) is 0.500. The largest absolute Gasteiger partial charge is 0.460 e. The lowest BCUT2D eigenvalue weighted by molar-refractivity contribution is -0.151. The number of methoxy groups -OCH3 is 1. The summed E-state index contributed by atoms with van der Waals surface area (Å²) in [6.07, 6.45) is 0.513. The molecule has 4 atom stereocenters. The fourth-order valence-corrected chi connectivity index (χ4v) is 7.02. The van der Waals surface area contributed by atoms with Crippen molar-refractivity contribution < 1.29 is 36.5 Å². The van der Waals surface area contributed by atoms with Gasteiger partial charge in [-0.2, -0.15) is 23.1 Å². The minimum atomic E-state index is -4.59. The van der Waals surface area contributed by atoms with Gasteiger partial charge in [0.2, 0.25) is 5.95 Å². The number of fused-ring (bicyclic) bond motifs is 1. The molecule has 4 N–H and O–H groups in total. The summed E-state index contributed by atoms with van der Waals surface area (Å²) in [7, 11) is 1.22. The van der Waals surface area contributed by atoms with Crippen LogP contribution in [0.4, 0.5) is 24.9 Å². The molecule has 296 valence electrons. The summed E-state index contributed by atoms with van der Waals surface area (Å²) >= 11 is 6.08. The summed E-state index contributed by atoms with van der Waals surface area (Å²) in [6, 6.07) is 10.7. The van der Waals surface area contributed by atoms with Crippen LogP contribution in [-0.4, -0.2) is 69.1 Å². The molecule has 5 rings (SSSR count). The Labute approximate surface area is 320 Å². The number of nitrogens with two attached hydrogens (primary N) is 2. The van der Waals surface area contributed by atoms with E-state index in [4.69, 9.17) is 41.7 Å². The number of likely N-dealkylation sites (N-methyl/N-ethyl adjacent to an activating group) is 1. The monoisotopic (exact) mass is 796 g/mol. The number of benzene rings is 2. The molecule has 1 aliphatic carbocycles. The van der Waals surface area contributed by atoms with Crippen molar-refractivity contribution in [2.24, 2.45) is 5.84 Å². The van der Waals surface area contributed by atoms with Crippen molar-refractivity contribution in [3.8, 4) is 5.75 Å². The Hall–Kier alpha value is -3.79. The molecule has 2 aromatic carbocycles. The smallest absolute Gasteiger partial charge is 0.416 e. The van der Waals surface area contributed by atoms with E-state index in [1.54, 1.807) is 61.4 Å². The van der Waals surface area contributed by atoms with E-state index in [0.29, 0.717) is 34.2 Å². The van der Waals surface area contributed by atoms with Crippen LogP contribution in [0.1, 0.15) is 77.0 Å². The minimum absolute atomic E-state index is 0.0577. The van der Waals surface area contributed by atoms with Crippen molar-refractivity contribution in [3.63, 3.8) is 0 Å². The van der Waals surface area contributed by atoms with Gasteiger partial charge in [0.25, 0.3) is 0 Å². The molecule has 0 spiro atoms. The van der Waals surface area contributed by atoms with Gasteiger partial charge in [-0.25, -0.2) is 15.5 Å². The van der Waals surface area contributed by atoms with Crippen LogP contribution in [0, 0.1) is 0 Å². The number of anilines is 2. The number of nitrogen functional groups attached to an aromatic ring is 1. The lowest BCUT2D eigenvalue weighted by Crippen LogP contribution is -2.38. The molecule has 4 aromatic rings. The number of carbonyl (C=O) groups is 1. The molecule has 54 heavy (non-hydrogen) atoms. The number of esters is 1. The summed E-state index contributed by atoms with van der Waals surface area (Å²) in [5.41, 5.74) is 6.11. The van der Waals surface area contributed by atoms with E-state index in [1.807, 2.05) is 11.5 Å². The van der Waals surface area contributed by atoms with Crippen LogP contribution in [0.3, 0.4) is 0 Å². The van der Waals surface area contributed by atoms with E-state index in [1.165, 1.54) is 24.6 Å². The summed E-state index contributed by atoms with van der Waals surface area (Å²) in [5, 5.41) is 2.09. The molecule has 0 bridgehead atoms. The Morgan fingerprint density at radius 1 is 1.11 bits per heavy atom. The first kappa shape index (κ1) is 42.9. The van der Waals surface area contributed by atoms with Crippen molar-refractivity contribution in [2.75, 3.05) is 31.5 Å². The van der Waals surface area contributed by atoms with Crippen molar-refractivity contribution in [1.82, 2.24) is 24.2 Å². The highest BCUT2D eigenvalue weighted by Gasteiger charge is 2.36. The van der Waals surface area contributed by atoms with Crippen LogP contribution < -0.4 is 21.1 Å². The topological polar surface area (TPSA) is 156 Å². The molecule has 2 aromatic heterocycles. The fourth-order valence-electron chi connectivity index (χ4n) is 5.45. The van der Waals surface area contributed by atoms with Gasteiger partial charge in [0, 0.05) is 29.8 Å². The molecule has 1 fully saturated rings. The van der Waals surface area contributed by atoms with Crippen LogP contribution in [0.15, 0.2) is 54.9 Å². The zero-order chi connectivity index (χ0) is 39.6. The lowest BCUT2D eigenvalue weighted by atomic mass is 10.1. The quantitative estimate of drug-likeness (QED) is 0.0459. The van der Waals surface area contributed by atoms with Gasteiger partial charge in [-0.15, -0.1) is 0 Å². The van der Waals surface area contributed by atoms with Crippen LogP contribution in [0.25, 0.3) is 11.2 Å². The van der Waals surface area contributed by atoms with Gasteiger partial charge < -0.3 is 28.8 Å². The van der Waals surface area contributed by atoms with Crippen LogP contribution in [-0.2, 0) is 31.6 Å². The van der Waals surface area contributed by atoms with Gasteiger partial charge in [-0.1, -0.05) is 57.0 Å². The Kier molecular flexibility index (Phi) is 15.7. The normalized spacial score (nSPS) is 15.3. The molecule has 0 aliphatic heterocycles. The first-order chi connectivity index (χ1) is 25.7. The third-order valence-corrected chi connectivity index (χ3v) is 10.2. The number of carbonyl (C=O) groups excluding carboxylic acids is 1. The van der Waals surface area contributed by atoms with Gasteiger partial charge in [-0.05, 0) is 70.0 Å². The maximum atomic E-state index is 13.5. The number of hydrazine groups is 1. The molecule has 1 saturated carbocycles. The van der Waals surface area contributed by atoms with Crippen LogP contribution >= 0.6 is 20.1 Å². The lowest BCUT2D eigenvalue weighted by Gasteiger charge is -2.32. The predicted molar refractivity (Wildman–Crippen MR) is 204 cm³/mol. The van der Waals surface area contributed by atoms with E-state index >= 15 is 0 Å². The summed E-state index contributed by atoms with van der Waals surface area (Å²) in [6.45, 7) is 7.49. The Morgan fingerprint density at radius 2 is 1.78 bits per heavy atom. The summed E-state index contributed by atoms with van der Waals surface area (Å²) < 4.78 is 67.9. The molecular weight excluding hydrogens is 748 g/mol. The maximum Gasteiger partial charge on any atom is 0.416 e. The highest BCUT2D eigenvalue weighted by atomic mass is 35.5. The van der Waals surface area contributed by atoms with Gasteiger partial charge in [0.15, 0.2) is 17.0 Å². The van der Waals surface area contributed by atoms with E-state index < -0.39 is 45.0 Å². The molecule has 2 heterocycles. The molecule has 18 heteroatoms. The predicted octanol–water partition coefficient (Wildman–Crippen LogP) is 8.08. The average molecular weight is 797 g/mol. The zero-order valence-corrected chi connectivity index (χ0v) is 32.9. The number of imidazole rings is 1. The number of nitrogens with zero attached hydrogens (tertiary/aromatic N) is 6. The number of alkyl halides is 3. The van der Waals surface area contributed by atoms with Crippen molar-refractivity contribution in [2.45, 2.75) is 96.8 Å². The Balaban J connectivity index is 0.00000209. The van der Waals surface area contributed by atoms with Crippen LogP contribution in [0.5, 0.6) is 5.75 Å². The SMILES string of the molecule is CCC.CCC(C(=O)OCc1ccccc1C(F)(F)F)N(C)P(OCC(CC(C)n1cnc2c(N(N)C3CC3)nc(N)nc21)OC)Oc1ccc(Cl)cc1. The van der Waals surface area contributed by atoms with Crippen molar-refractivity contribution in [3.05, 3.63) is 71.0 Å². The van der Waals surface area contributed by atoms with Gasteiger partial charge in [0.1, 0.15) is 18.4 Å². The average Bonchev–Trinajstić information content (AvgIpc) is 3.91. The number of hydrogen-bond acceptors (Lipinski definition) is 12. The van der Waals surface area contributed by atoms with Crippen molar-refractivity contribution in [1.29, 1.82) is 0 Å². The third-order valence-electron chi connectivity index (χ3n) is 8.45. The Bertz CT molecular complexity index is 1800. The standard InChI is InChI=1S/C33H41ClF3N8O5P.C3H8/c1-5-27(31(46)48-17-21-8-6-7-9-26(21)33(35,36)37)43(3)51(50-24-14-10-22(34)11-15-24)49-18-25(47-4)16-20(2)44-19-40-28-29(44)41-32(38)42-30(28)45(39)23-12-13-23;1-3-2/h6-11,14-15,19-20,23,25,27H,5,12-13,16-18,39H2,1-4H3,(H2,38,41,42);3H2,1-2H3. The molecule has 0 radical (unpaired) electrons. The summed E-state index contributed by atoms with van der Waals surface area (Å²) in [4.78, 5) is 26.7. The third kappa shape index (κ3) is 11.4. The number of halogens is 4. The summed E-state index contributed by atoms with van der Waals surface area (Å²) in [5.74, 6) is 6.56. The molecule has 4 unspecified atom stereocenters. The number of hydrogen-bond donors (Lipinski definition) is 2. The van der Waals surface area contributed by atoms with Crippen molar-refractivity contribution >= 4 is 49.0 Å². The number of ether oxygens (including phenoxy) is 2. The first-order valence-corrected chi connectivity index (χ1v) is 19.2. The zero-order valence-electron chi connectivity index (χ0n) is 31.3. The second kappa shape index (κ2) is 19.7. The number of aromatic nitrogens is 4. The van der Waals surface area contributed by atoms with Gasteiger partial charge in [-0.3, -0.25) is 9.80 Å².